The first kappa shape index (κ1) is 17.6. The summed E-state index contributed by atoms with van der Waals surface area (Å²) >= 11 is 0. The fourth-order valence-corrected chi connectivity index (χ4v) is 3.15. The molecule has 2 aromatic heterocycles. The van der Waals surface area contributed by atoms with Gasteiger partial charge >= 0.3 is 0 Å². The van der Waals surface area contributed by atoms with E-state index in [0.29, 0.717) is 5.95 Å². The Balaban J connectivity index is 1.87. The molecule has 3 heterocycles. The third kappa shape index (κ3) is 4.89. The van der Waals surface area contributed by atoms with E-state index in [9.17, 15) is 5.11 Å². The molecule has 3 rings (SSSR count). The molecular weight excluding hydrogens is 314 g/mol. The summed E-state index contributed by atoms with van der Waals surface area (Å²) in [4.78, 5) is 15.8. The first-order valence-corrected chi connectivity index (χ1v) is 9.15. The molecule has 1 aliphatic rings. The second-order valence-electron chi connectivity index (χ2n) is 6.64. The normalized spacial score (nSPS) is 19.8. The number of pyridine rings is 1. The molecule has 6 heteroatoms. The van der Waals surface area contributed by atoms with Gasteiger partial charge in [-0.05, 0) is 37.8 Å². The van der Waals surface area contributed by atoms with Gasteiger partial charge in [-0.1, -0.05) is 18.9 Å². The van der Waals surface area contributed by atoms with Crippen LogP contribution in [0.2, 0.25) is 0 Å². The Labute approximate surface area is 149 Å². The van der Waals surface area contributed by atoms with Crippen LogP contribution >= 0.6 is 0 Å². The SMILES string of the molecule is CN1CCCC(O)CCCCCNc2ncc(-c3ccccn3)c1n2. The molecule has 0 radical (unpaired) electrons. The molecular formula is C19H27N5O. The molecule has 0 saturated heterocycles. The number of aromatic nitrogens is 3. The van der Waals surface area contributed by atoms with Crippen LogP contribution in [0, 0.1) is 0 Å². The van der Waals surface area contributed by atoms with Crippen molar-refractivity contribution in [3.05, 3.63) is 30.6 Å². The Morgan fingerprint density at radius 2 is 2.00 bits per heavy atom. The summed E-state index contributed by atoms with van der Waals surface area (Å²) in [5, 5.41) is 13.4. The maximum Gasteiger partial charge on any atom is 0.224 e. The zero-order valence-electron chi connectivity index (χ0n) is 14.9. The van der Waals surface area contributed by atoms with Crippen molar-refractivity contribution in [2.75, 3.05) is 30.4 Å². The van der Waals surface area contributed by atoms with Crippen LogP contribution in [0.4, 0.5) is 11.8 Å². The highest BCUT2D eigenvalue weighted by molar-refractivity contribution is 5.73. The fraction of sp³-hybridized carbons (Fsp3) is 0.526. The summed E-state index contributed by atoms with van der Waals surface area (Å²) in [6, 6.07) is 5.86. The van der Waals surface area contributed by atoms with Crippen LogP contribution in [-0.2, 0) is 0 Å². The largest absolute Gasteiger partial charge is 0.393 e. The van der Waals surface area contributed by atoms with Crippen molar-refractivity contribution in [3.8, 4) is 11.3 Å². The van der Waals surface area contributed by atoms with Crippen LogP contribution in [0.1, 0.15) is 38.5 Å². The summed E-state index contributed by atoms with van der Waals surface area (Å²) in [5.74, 6) is 1.54. The van der Waals surface area contributed by atoms with Crippen LogP contribution in [0.15, 0.2) is 30.6 Å². The van der Waals surface area contributed by atoms with E-state index in [-0.39, 0.29) is 6.10 Å². The third-order valence-corrected chi connectivity index (χ3v) is 4.60. The molecule has 0 spiro atoms. The van der Waals surface area contributed by atoms with Crippen molar-refractivity contribution in [3.63, 3.8) is 0 Å². The minimum atomic E-state index is -0.194. The van der Waals surface area contributed by atoms with Gasteiger partial charge in [0.15, 0.2) is 0 Å². The minimum absolute atomic E-state index is 0.194. The number of hydrogen-bond acceptors (Lipinski definition) is 6. The van der Waals surface area contributed by atoms with Gasteiger partial charge in [0.05, 0.1) is 17.4 Å². The molecule has 134 valence electrons. The standard InChI is InChI=1S/C19H27N5O/c1-24-13-7-9-15(25)8-3-2-5-12-21-19-22-14-16(18(24)23-19)17-10-4-6-11-20-17/h4,6,10-11,14-15,25H,2-3,5,7-9,12-13H2,1H3,(H,21,22,23). The van der Waals surface area contributed by atoms with E-state index in [1.807, 2.05) is 31.4 Å². The molecule has 0 amide bonds. The summed E-state index contributed by atoms with van der Waals surface area (Å²) in [5.41, 5.74) is 1.80. The first-order valence-electron chi connectivity index (χ1n) is 9.15. The number of aliphatic hydroxyl groups excluding tert-OH is 1. The topological polar surface area (TPSA) is 74.2 Å². The number of aliphatic hydroxyl groups is 1. The fourth-order valence-electron chi connectivity index (χ4n) is 3.15. The predicted octanol–water partition coefficient (Wildman–Crippen LogP) is 3.10. The highest BCUT2D eigenvalue weighted by Gasteiger charge is 2.15. The van der Waals surface area contributed by atoms with E-state index < -0.39 is 0 Å². The monoisotopic (exact) mass is 341 g/mol. The van der Waals surface area contributed by atoms with Gasteiger partial charge in [-0.3, -0.25) is 4.98 Å². The quantitative estimate of drug-likeness (QED) is 0.830. The van der Waals surface area contributed by atoms with Gasteiger partial charge in [0, 0.05) is 32.5 Å². The Kier molecular flexibility index (Phi) is 6.17. The number of anilines is 2. The summed E-state index contributed by atoms with van der Waals surface area (Å²) in [6.45, 7) is 1.69. The molecule has 2 N–H and O–H groups in total. The maximum absolute atomic E-state index is 10.1. The summed E-state index contributed by atoms with van der Waals surface area (Å²) in [7, 11) is 2.04. The zero-order chi connectivity index (χ0) is 17.5. The molecule has 1 unspecified atom stereocenters. The van der Waals surface area contributed by atoms with Crippen LogP contribution in [0.25, 0.3) is 11.3 Å². The molecule has 25 heavy (non-hydrogen) atoms. The van der Waals surface area contributed by atoms with Crippen LogP contribution in [-0.4, -0.2) is 46.3 Å². The molecule has 2 bridgehead atoms. The van der Waals surface area contributed by atoms with Gasteiger partial charge in [-0.15, -0.1) is 0 Å². The number of nitrogens with one attached hydrogen (secondary N) is 1. The van der Waals surface area contributed by atoms with Crippen LogP contribution < -0.4 is 10.2 Å². The molecule has 0 saturated carbocycles. The van der Waals surface area contributed by atoms with Crippen molar-refractivity contribution in [2.45, 2.75) is 44.6 Å². The van der Waals surface area contributed by atoms with E-state index in [4.69, 9.17) is 4.98 Å². The van der Waals surface area contributed by atoms with E-state index >= 15 is 0 Å². The van der Waals surface area contributed by atoms with Crippen molar-refractivity contribution < 1.29 is 5.11 Å². The van der Waals surface area contributed by atoms with E-state index in [0.717, 1.165) is 68.7 Å². The molecule has 0 aliphatic carbocycles. The number of hydrogen-bond donors (Lipinski definition) is 2. The molecule has 1 aliphatic heterocycles. The lowest BCUT2D eigenvalue weighted by molar-refractivity contribution is 0.149. The van der Waals surface area contributed by atoms with Crippen LogP contribution in [0.5, 0.6) is 0 Å². The number of nitrogens with zero attached hydrogens (tertiary/aromatic N) is 4. The third-order valence-electron chi connectivity index (χ3n) is 4.60. The van der Waals surface area contributed by atoms with Gasteiger partial charge in [0.1, 0.15) is 5.82 Å². The molecule has 0 fully saturated rings. The van der Waals surface area contributed by atoms with Crippen molar-refractivity contribution in [2.24, 2.45) is 0 Å². The summed E-state index contributed by atoms with van der Waals surface area (Å²) < 4.78 is 0. The van der Waals surface area contributed by atoms with Crippen molar-refractivity contribution >= 4 is 11.8 Å². The Hall–Kier alpha value is -2.21. The van der Waals surface area contributed by atoms with Gasteiger partial charge < -0.3 is 15.3 Å². The second kappa shape index (κ2) is 8.76. The Bertz CT molecular complexity index is 664. The lowest BCUT2D eigenvalue weighted by Gasteiger charge is -2.22. The van der Waals surface area contributed by atoms with Crippen molar-refractivity contribution in [1.82, 2.24) is 15.0 Å². The van der Waals surface area contributed by atoms with E-state index in [2.05, 4.69) is 20.2 Å². The average molecular weight is 341 g/mol. The van der Waals surface area contributed by atoms with Gasteiger partial charge in [-0.2, -0.15) is 4.98 Å². The highest BCUT2D eigenvalue weighted by Crippen LogP contribution is 2.27. The lowest BCUT2D eigenvalue weighted by Crippen LogP contribution is -2.23. The van der Waals surface area contributed by atoms with E-state index in [1.54, 1.807) is 6.20 Å². The highest BCUT2D eigenvalue weighted by atomic mass is 16.3. The predicted molar refractivity (Wildman–Crippen MR) is 101 cm³/mol. The molecule has 0 aromatic carbocycles. The van der Waals surface area contributed by atoms with Gasteiger partial charge in [0.25, 0.3) is 0 Å². The number of fused-ring (bicyclic) bond motifs is 2. The molecule has 1 atom stereocenters. The minimum Gasteiger partial charge on any atom is -0.393 e. The first-order chi connectivity index (χ1) is 12.2. The van der Waals surface area contributed by atoms with Gasteiger partial charge in [-0.25, -0.2) is 4.98 Å². The van der Waals surface area contributed by atoms with Gasteiger partial charge in [0.2, 0.25) is 5.95 Å². The Morgan fingerprint density at radius 1 is 1.12 bits per heavy atom. The van der Waals surface area contributed by atoms with Crippen molar-refractivity contribution in [1.29, 1.82) is 0 Å². The summed E-state index contributed by atoms with van der Waals surface area (Å²) in [6.07, 6.45) is 9.35. The lowest BCUT2D eigenvalue weighted by atomic mass is 10.1. The smallest absolute Gasteiger partial charge is 0.224 e. The van der Waals surface area contributed by atoms with Crippen LogP contribution in [0.3, 0.4) is 0 Å². The number of rotatable bonds is 1. The zero-order valence-corrected chi connectivity index (χ0v) is 14.9. The molecule has 2 aromatic rings. The Morgan fingerprint density at radius 3 is 2.84 bits per heavy atom. The average Bonchev–Trinajstić information content (AvgIpc) is 2.64. The van der Waals surface area contributed by atoms with E-state index in [1.165, 1.54) is 0 Å². The molecule has 6 nitrogen and oxygen atoms in total. The second-order valence-corrected chi connectivity index (χ2v) is 6.64. The maximum atomic E-state index is 10.1.